The summed E-state index contributed by atoms with van der Waals surface area (Å²) in [4.78, 5) is 35.2. The molecule has 7 nitrogen and oxygen atoms in total. The molecule has 0 bridgehead atoms. The molecule has 0 unspecified atom stereocenters. The molecule has 1 saturated carbocycles. The van der Waals surface area contributed by atoms with Gasteiger partial charge in [-0.25, -0.2) is 4.79 Å². The number of nitrogens with one attached hydrogen (secondary N) is 4. The Bertz CT molecular complexity index is 625. The number of rotatable bonds is 5. The zero-order valence-corrected chi connectivity index (χ0v) is 14.7. The van der Waals surface area contributed by atoms with Crippen molar-refractivity contribution in [3.63, 3.8) is 0 Å². The zero-order chi connectivity index (χ0) is 18.2. The Morgan fingerprint density at radius 1 is 1.04 bits per heavy atom. The van der Waals surface area contributed by atoms with Crippen molar-refractivity contribution in [3.8, 4) is 0 Å². The van der Waals surface area contributed by atoms with Crippen LogP contribution in [0.3, 0.4) is 0 Å². The van der Waals surface area contributed by atoms with Crippen molar-refractivity contribution in [2.75, 3.05) is 17.7 Å². The van der Waals surface area contributed by atoms with Crippen molar-refractivity contribution in [2.45, 2.75) is 45.1 Å². The predicted molar refractivity (Wildman–Crippen MR) is 97.3 cm³/mol. The van der Waals surface area contributed by atoms with Crippen molar-refractivity contribution in [2.24, 2.45) is 5.92 Å². The van der Waals surface area contributed by atoms with Crippen LogP contribution in [0.5, 0.6) is 0 Å². The molecule has 25 heavy (non-hydrogen) atoms. The summed E-state index contributed by atoms with van der Waals surface area (Å²) in [5, 5.41) is 11.2. The van der Waals surface area contributed by atoms with Gasteiger partial charge in [0.15, 0.2) is 0 Å². The monoisotopic (exact) mass is 346 g/mol. The number of anilines is 2. The van der Waals surface area contributed by atoms with E-state index in [4.69, 9.17) is 0 Å². The van der Waals surface area contributed by atoms with E-state index in [1.165, 1.54) is 0 Å². The first kappa shape index (κ1) is 18.8. The van der Waals surface area contributed by atoms with Gasteiger partial charge in [0.25, 0.3) is 0 Å². The molecule has 0 saturated heterocycles. The van der Waals surface area contributed by atoms with Gasteiger partial charge in [-0.05, 0) is 43.9 Å². The van der Waals surface area contributed by atoms with Gasteiger partial charge >= 0.3 is 6.03 Å². The molecule has 0 spiro atoms. The lowest BCUT2D eigenvalue weighted by Crippen LogP contribution is -2.42. The summed E-state index contributed by atoms with van der Waals surface area (Å²) in [7, 11) is 1.65. The third-order valence-corrected chi connectivity index (χ3v) is 4.40. The lowest BCUT2D eigenvalue weighted by atomic mass is 9.85. The van der Waals surface area contributed by atoms with Crippen LogP contribution in [0.15, 0.2) is 24.3 Å². The fourth-order valence-electron chi connectivity index (χ4n) is 2.98. The van der Waals surface area contributed by atoms with Crippen molar-refractivity contribution < 1.29 is 14.4 Å². The van der Waals surface area contributed by atoms with Gasteiger partial charge in [-0.2, -0.15) is 0 Å². The normalized spacial score (nSPS) is 19.6. The van der Waals surface area contributed by atoms with Crippen LogP contribution in [-0.4, -0.2) is 30.9 Å². The van der Waals surface area contributed by atoms with Gasteiger partial charge in [0.2, 0.25) is 11.8 Å². The third kappa shape index (κ3) is 5.77. The molecule has 2 rings (SSSR count). The Kier molecular flexibility index (Phi) is 6.80. The Morgan fingerprint density at radius 2 is 1.68 bits per heavy atom. The van der Waals surface area contributed by atoms with Gasteiger partial charge in [-0.1, -0.05) is 13.0 Å². The number of carbonyl (C=O) groups excluding carboxylic acids is 3. The van der Waals surface area contributed by atoms with Crippen LogP contribution in [0.1, 0.15) is 39.0 Å². The van der Waals surface area contributed by atoms with Crippen LogP contribution in [0.25, 0.3) is 0 Å². The highest BCUT2D eigenvalue weighted by Gasteiger charge is 2.26. The molecule has 0 heterocycles. The van der Waals surface area contributed by atoms with Crippen LogP contribution in [-0.2, 0) is 9.59 Å². The molecule has 1 fully saturated rings. The van der Waals surface area contributed by atoms with Crippen molar-refractivity contribution in [1.82, 2.24) is 10.6 Å². The first-order chi connectivity index (χ1) is 12.0. The first-order valence-corrected chi connectivity index (χ1v) is 8.70. The molecule has 0 aromatic heterocycles. The van der Waals surface area contributed by atoms with E-state index in [2.05, 4.69) is 21.3 Å². The summed E-state index contributed by atoms with van der Waals surface area (Å²) in [6.07, 6.45) is 3.54. The van der Waals surface area contributed by atoms with Gasteiger partial charge in [0.05, 0.1) is 0 Å². The summed E-state index contributed by atoms with van der Waals surface area (Å²) >= 11 is 0. The number of hydrogen-bond donors (Lipinski definition) is 4. The highest BCUT2D eigenvalue weighted by Crippen LogP contribution is 2.24. The standard InChI is InChI=1S/C18H26N4O3/c1-3-16(23)20-14-5-4-6-15(11-14)22-18(25)21-13-9-7-12(8-10-13)17(24)19-2/h4-6,11-13H,3,7-10H2,1-2H3,(H,19,24)(H,20,23)(H2,21,22,25). The maximum atomic E-state index is 12.2. The van der Waals surface area contributed by atoms with Gasteiger partial charge in [-0.15, -0.1) is 0 Å². The zero-order valence-electron chi connectivity index (χ0n) is 14.7. The smallest absolute Gasteiger partial charge is 0.319 e. The molecule has 7 heteroatoms. The summed E-state index contributed by atoms with van der Waals surface area (Å²) in [5.41, 5.74) is 1.26. The molecule has 1 aromatic carbocycles. The van der Waals surface area contributed by atoms with Gasteiger partial charge in [0.1, 0.15) is 0 Å². The molecular formula is C18H26N4O3. The second-order valence-corrected chi connectivity index (χ2v) is 6.24. The largest absolute Gasteiger partial charge is 0.359 e. The molecule has 0 aliphatic heterocycles. The van der Waals surface area contributed by atoms with E-state index in [-0.39, 0.29) is 29.8 Å². The minimum Gasteiger partial charge on any atom is -0.359 e. The van der Waals surface area contributed by atoms with Crippen molar-refractivity contribution >= 4 is 29.2 Å². The number of benzene rings is 1. The fraction of sp³-hybridized carbons (Fsp3) is 0.500. The highest BCUT2D eigenvalue weighted by molar-refractivity contribution is 5.93. The van der Waals surface area contributed by atoms with Crippen molar-refractivity contribution in [1.29, 1.82) is 0 Å². The van der Waals surface area contributed by atoms with E-state index in [0.717, 1.165) is 25.7 Å². The molecule has 4 amide bonds. The summed E-state index contributed by atoms with van der Waals surface area (Å²) in [5.74, 6) is 0.0493. The lowest BCUT2D eigenvalue weighted by molar-refractivity contribution is -0.125. The Hall–Kier alpha value is -2.57. The minimum atomic E-state index is -0.276. The summed E-state index contributed by atoms with van der Waals surface area (Å²) in [6, 6.07) is 6.83. The van der Waals surface area contributed by atoms with E-state index in [9.17, 15) is 14.4 Å². The minimum absolute atomic E-state index is 0.0463. The maximum Gasteiger partial charge on any atom is 0.319 e. The molecule has 4 N–H and O–H groups in total. The molecule has 1 aromatic rings. The molecule has 1 aliphatic rings. The molecular weight excluding hydrogens is 320 g/mol. The van der Waals surface area contributed by atoms with E-state index < -0.39 is 0 Å². The molecule has 1 aliphatic carbocycles. The summed E-state index contributed by atoms with van der Waals surface area (Å²) in [6.45, 7) is 1.78. The highest BCUT2D eigenvalue weighted by atomic mass is 16.2. The predicted octanol–water partition coefficient (Wildman–Crippen LogP) is 2.46. The SMILES string of the molecule is CCC(=O)Nc1cccc(NC(=O)NC2CCC(C(=O)NC)CC2)c1. The number of hydrogen-bond acceptors (Lipinski definition) is 3. The topological polar surface area (TPSA) is 99.3 Å². The second-order valence-electron chi connectivity index (χ2n) is 6.24. The van der Waals surface area contributed by atoms with Crippen LogP contribution >= 0.6 is 0 Å². The average Bonchev–Trinajstić information content (AvgIpc) is 2.61. The van der Waals surface area contributed by atoms with Gasteiger partial charge < -0.3 is 21.3 Å². The number of carbonyl (C=O) groups is 3. The number of urea groups is 1. The fourth-order valence-corrected chi connectivity index (χ4v) is 2.98. The van der Waals surface area contributed by atoms with Gasteiger partial charge in [0, 0.05) is 36.8 Å². The van der Waals surface area contributed by atoms with Crippen LogP contribution in [0.4, 0.5) is 16.2 Å². The Labute approximate surface area is 147 Å². The van der Waals surface area contributed by atoms with Crippen molar-refractivity contribution in [3.05, 3.63) is 24.3 Å². The van der Waals surface area contributed by atoms with E-state index >= 15 is 0 Å². The third-order valence-electron chi connectivity index (χ3n) is 4.40. The first-order valence-electron chi connectivity index (χ1n) is 8.70. The maximum absolute atomic E-state index is 12.2. The molecule has 136 valence electrons. The van der Waals surface area contributed by atoms with E-state index in [1.54, 1.807) is 38.2 Å². The van der Waals surface area contributed by atoms with Crippen LogP contribution in [0.2, 0.25) is 0 Å². The lowest BCUT2D eigenvalue weighted by Gasteiger charge is -2.28. The Morgan fingerprint density at radius 3 is 2.28 bits per heavy atom. The molecule has 0 radical (unpaired) electrons. The quantitative estimate of drug-likeness (QED) is 0.659. The van der Waals surface area contributed by atoms with Crippen LogP contribution in [0, 0.1) is 5.92 Å². The number of amides is 4. The second kappa shape index (κ2) is 9.05. The molecule has 0 atom stereocenters. The average molecular weight is 346 g/mol. The van der Waals surface area contributed by atoms with Gasteiger partial charge in [-0.3, -0.25) is 9.59 Å². The van der Waals surface area contributed by atoms with E-state index in [1.807, 2.05) is 0 Å². The Balaban J connectivity index is 1.82. The van der Waals surface area contributed by atoms with Crippen LogP contribution < -0.4 is 21.3 Å². The summed E-state index contributed by atoms with van der Waals surface area (Å²) < 4.78 is 0. The van der Waals surface area contributed by atoms with E-state index in [0.29, 0.717) is 17.8 Å².